The Morgan fingerprint density at radius 1 is 0.917 bits per heavy atom. The smallest absolute Gasteiger partial charge is 0.168 e. The summed E-state index contributed by atoms with van der Waals surface area (Å²) in [6, 6.07) is 1.61. The van der Waals surface area contributed by atoms with Crippen molar-refractivity contribution in [3.8, 4) is 0 Å². The maximum atomic E-state index is 4.52. The molecule has 3 fully saturated rings. The molecule has 2 atom stereocenters. The van der Waals surface area contributed by atoms with Crippen LogP contribution >= 0.6 is 0 Å². The minimum Gasteiger partial charge on any atom is -0.298 e. The number of fused-ring (bicyclic) bond motifs is 1. The van der Waals surface area contributed by atoms with E-state index in [9.17, 15) is 0 Å². The fourth-order valence-corrected chi connectivity index (χ4v) is 5.13. The van der Waals surface area contributed by atoms with Crippen LogP contribution in [-0.2, 0) is 0 Å². The van der Waals surface area contributed by atoms with Crippen LogP contribution in [0, 0.1) is 5.92 Å². The van der Waals surface area contributed by atoms with E-state index in [4.69, 9.17) is 0 Å². The lowest BCUT2D eigenvalue weighted by atomic mass is 9.94. The minimum absolute atomic E-state index is 0.352. The largest absolute Gasteiger partial charge is 0.298 e. The van der Waals surface area contributed by atoms with Crippen LogP contribution in [0.1, 0.15) is 76.7 Å². The zero-order valence-electron chi connectivity index (χ0n) is 15.3. The summed E-state index contributed by atoms with van der Waals surface area (Å²) in [4.78, 5) is 5.35. The molecule has 24 heavy (non-hydrogen) atoms. The standard InChI is InChI=1S/C18H32N6/c1-14(2)17(23-12-11-22-10-6-9-16(22)13-23)18-19-20-21-24(18)15-7-4-3-5-8-15/h14-17H,3-13H2,1-2H3. The second-order valence-corrected chi connectivity index (χ2v) is 8.29. The molecule has 0 amide bonds. The van der Waals surface area contributed by atoms with Gasteiger partial charge in [0, 0.05) is 25.7 Å². The third-order valence-corrected chi connectivity index (χ3v) is 6.35. The molecule has 2 aliphatic heterocycles. The number of hydrogen-bond donors (Lipinski definition) is 0. The highest BCUT2D eigenvalue weighted by molar-refractivity contribution is 5.00. The molecule has 0 bridgehead atoms. The predicted octanol–water partition coefficient (Wildman–Crippen LogP) is 2.66. The average Bonchev–Trinajstić information content (AvgIpc) is 3.24. The summed E-state index contributed by atoms with van der Waals surface area (Å²) in [5.74, 6) is 1.65. The SMILES string of the molecule is CC(C)C(c1nnnn1C1CCCCC1)N1CCN2CCCC2C1. The van der Waals surface area contributed by atoms with Gasteiger partial charge in [0.1, 0.15) is 0 Å². The van der Waals surface area contributed by atoms with Gasteiger partial charge in [0.05, 0.1) is 12.1 Å². The van der Waals surface area contributed by atoms with Crippen molar-refractivity contribution in [2.75, 3.05) is 26.2 Å². The first-order chi connectivity index (χ1) is 11.7. The predicted molar refractivity (Wildman–Crippen MR) is 93.7 cm³/mol. The Kier molecular flexibility index (Phi) is 4.86. The summed E-state index contributed by atoms with van der Waals surface area (Å²) in [7, 11) is 0. The molecule has 1 saturated carbocycles. The molecule has 3 aliphatic rings. The molecule has 4 rings (SSSR count). The van der Waals surface area contributed by atoms with Crippen LogP contribution < -0.4 is 0 Å². The van der Waals surface area contributed by atoms with Crippen molar-refractivity contribution < 1.29 is 0 Å². The van der Waals surface area contributed by atoms with Crippen LogP contribution in [0.25, 0.3) is 0 Å². The molecule has 1 aromatic rings. The van der Waals surface area contributed by atoms with E-state index in [2.05, 4.69) is 43.9 Å². The molecular formula is C18H32N6. The maximum absolute atomic E-state index is 4.52. The van der Waals surface area contributed by atoms with E-state index in [0.717, 1.165) is 18.4 Å². The summed E-state index contributed by atoms with van der Waals surface area (Å²) in [5.41, 5.74) is 0. The molecule has 0 radical (unpaired) electrons. The number of aromatic nitrogens is 4. The topological polar surface area (TPSA) is 50.1 Å². The summed E-state index contributed by atoms with van der Waals surface area (Å²) in [5, 5.41) is 13.0. The van der Waals surface area contributed by atoms with Crippen molar-refractivity contribution in [3.05, 3.63) is 5.82 Å². The molecule has 1 aromatic heterocycles. The minimum atomic E-state index is 0.352. The molecule has 3 heterocycles. The van der Waals surface area contributed by atoms with Crippen LogP contribution in [0.4, 0.5) is 0 Å². The van der Waals surface area contributed by atoms with E-state index >= 15 is 0 Å². The Bertz CT molecular complexity index is 535. The van der Waals surface area contributed by atoms with E-state index in [-0.39, 0.29) is 0 Å². The second kappa shape index (κ2) is 7.08. The van der Waals surface area contributed by atoms with Crippen molar-refractivity contribution >= 4 is 0 Å². The fraction of sp³-hybridized carbons (Fsp3) is 0.944. The van der Waals surface area contributed by atoms with Crippen LogP contribution in [0.2, 0.25) is 0 Å². The lowest BCUT2D eigenvalue weighted by molar-refractivity contribution is 0.0473. The van der Waals surface area contributed by atoms with Crippen LogP contribution in [0.15, 0.2) is 0 Å². The molecule has 2 saturated heterocycles. The lowest BCUT2D eigenvalue weighted by Crippen LogP contribution is -2.52. The van der Waals surface area contributed by atoms with Gasteiger partial charge in [-0.1, -0.05) is 33.1 Å². The number of piperazine rings is 1. The van der Waals surface area contributed by atoms with Crippen molar-refractivity contribution in [1.82, 2.24) is 30.0 Å². The maximum Gasteiger partial charge on any atom is 0.168 e. The van der Waals surface area contributed by atoms with Gasteiger partial charge in [-0.15, -0.1) is 5.10 Å². The third-order valence-electron chi connectivity index (χ3n) is 6.35. The first-order valence-corrected chi connectivity index (χ1v) is 10.00. The summed E-state index contributed by atoms with van der Waals surface area (Å²) >= 11 is 0. The average molecular weight is 332 g/mol. The highest BCUT2D eigenvalue weighted by atomic mass is 15.6. The second-order valence-electron chi connectivity index (χ2n) is 8.29. The first-order valence-electron chi connectivity index (χ1n) is 10.00. The van der Waals surface area contributed by atoms with Gasteiger partial charge >= 0.3 is 0 Å². The van der Waals surface area contributed by atoms with Crippen molar-refractivity contribution in [2.24, 2.45) is 5.92 Å². The molecule has 6 heteroatoms. The molecule has 2 unspecified atom stereocenters. The normalized spacial score (nSPS) is 28.4. The van der Waals surface area contributed by atoms with E-state index < -0.39 is 0 Å². The molecule has 1 aliphatic carbocycles. The van der Waals surface area contributed by atoms with Gasteiger partial charge < -0.3 is 0 Å². The number of tetrazole rings is 1. The summed E-state index contributed by atoms with van der Waals surface area (Å²) < 4.78 is 2.19. The zero-order chi connectivity index (χ0) is 16.5. The first kappa shape index (κ1) is 16.5. The summed E-state index contributed by atoms with van der Waals surface area (Å²) in [6.07, 6.45) is 9.19. The highest BCUT2D eigenvalue weighted by Crippen LogP contribution is 2.35. The Morgan fingerprint density at radius 2 is 1.71 bits per heavy atom. The van der Waals surface area contributed by atoms with Crippen molar-refractivity contribution in [2.45, 2.75) is 76.9 Å². The molecule has 0 N–H and O–H groups in total. The zero-order valence-corrected chi connectivity index (χ0v) is 15.3. The number of rotatable bonds is 4. The Balaban J connectivity index is 1.56. The Hall–Kier alpha value is -1.01. The van der Waals surface area contributed by atoms with Gasteiger partial charge in [-0.2, -0.15) is 0 Å². The fourth-order valence-electron chi connectivity index (χ4n) is 5.13. The third kappa shape index (κ3) is 3.10. The molecule has 6 nitrogen and oxygen atoms in total. The van der Waals surface area contributed by atoms with E-state index in [1.54, 1.807) is 0 Å². The van der Waals surface area contributed by atoms with Gasteiger partial charge in [0.15, 0.2) is 5.82 Å². The van der Waals surface area contributed by atoms with Gasteiger partial charge in [0.2, 0.25) is 0 Å². The van der Waals surface area contributed by atoms with Crippen LogP contribution in [0.5, 0.6) is 0 Å². The van der Waals surface area contributed by atoms with Crippen LogP contribution in [-0.4, -0.2) is 62.2 Å². The summed E-state index contributed by atoms with van der Waals surface area (Å²) in [6.45, 7) is 9.48. The Labute approximate surface area is 145 Å². The Morgan fingerprint density at radius 3 is 2.50 bits per heavy atom. The van der Waals surface area contributed by atoms with Crippen LogP contribution in [0.3, 0.4) is 0 Å². The number of nitrogens with zero attached hydrogens (tertiary/aromatic N) is 6. The molecule has 134 valence electrons. The van der Waals surface area contributed by atoms with E-state index in [1.165, 1.54) is 64.6 Å². The van der Waals surface area contributed by atoms with E-state index in [1.807, 2.05) is 0 Å². The van der Waals surface area contributed by atoms with Gasteiger partial charge in [-0.3, -0.25) is 9.80 Å². The van der Waals surface area contributed by atoms with Gasteiger partial charge in [-0.25, -0.2) is 4.68 Å². The lowest BCUT2D eigenvalue weighted by Gasteiger charge is -2.42. The number of hydrogen-bond acceptors (Lipinski definition) is 5. The quantitative estimate of drug-likeness (QED) is 0.848. The van der Waals surface area contributed by atoms with Crippen molar-refractivity contribution in [3.63, 3.8) is 0 Å². The molecular weight excluding hydrogens is 300 g/mol. The highest BCUT2D eigenvalue weighted by Gasteiger charge is 2.37. The van der Waals surface area contributed by atoms with E-state index in [0.29, 0.717) is 18.0 Å². The van der Waals surface area contributed by atoms with Gasteiger partial charge in [-0.05, 0) is 48.6 Å². The molecule has 0 spiro atoms. The van der Waals surface area contributed by atoms with Crippen molar-refractivity contribution in [1.29, 1.82) is 0 Å². The van der Waals surface area contributed by atoms with Gasteiger partial charge in [0.25, 0.3) is 0 Å². The molecule has 0 aromatic carbocycles. The monoisotopic (exact) mass is 332 g/mol.